The van der Waals surface area contributed by atoms with E-state index >= 15 is 0 Å². The first kappa shape index (κ1) is 25.2. The molecule has 0 atom stereocenters. The lowest BCUT2D eigenvalue weighted by molar-refractivity contribution is 0.110. The predicted molar refractivity (Wildman–Crippen MR) is 120 cm³/mol. The molecule has 166 valence electrons. The van der Waals surface area contributed by atoms with Crippen LogP contribution in [0.1, 0.15) is 45.7 Å². The number of guanidine groups is 1. The molecule has 0 fully saturated rings. The third-order valence-corrected chi connectivity index (χ3v) is 6.87. The average Bonchev–Trinajstić information content (AvgIpc) is 2.63. The molecule has 1 aromatic rings. The minimum atomic E-state index is -3.18. The number of sulfone groups is 1. The van der Waals surface area contributed by atoms with Gasteiger partial charge in [0.15, 0.2) is 15.8 Å². The summed E-state index contributed by atoms with van der Waals surface area (Å²) < 4.78 is 35.0. The van der Waals surface area contributed by atoms with Gasteiger partial charge in [-0.1, -0.05) is 12.1 Å². The van der Waals surface area contributed by atoms with Gasteiger partial charge in [0.25, 0.3) is 0 Å². The van der Waals surface area contributed by atoms with Crippen LogP contribution in [0, 0.1) is 6.92 Å². The molecule has 0 saturated carbocycles. The summed E-state index contributed by atoms with van der Waals surface area (Å²) in [7, 11) is -3.18. The van der Waals surface area contributed by atoms with E-state index in [9.17, 15) is 8.42 Å². The van der Waals surface area contributed by atoms with Crippen molar-refractivity contribution >= 4 is 15.8 Å². The van der Waals surface area contributed by atoms with E-state index in [1.165, 1.54) is 0 Å². The molecule has 1 rings (SSSR count). The van der Waals surface area contributed by atoms with E-state index in [2.05, 4.69) is 15.6 Å². The zero-order valence-electron chi connectivity index (χ0n) is 18.7. The SMILES string of the molecule is CCNC(=NCc1ccc(C)cc1OCCOCC)NCCS(=O)(=O)C(C)(C)C. The zero-order chi connectivity index (χ0) is 21.9. The van der Waals surface area contributed by atoms with Gasteiger partial charge in [-0.3, -0.25) is 0 Å². The molecular formula is C21H37N3O4S. The second-order valence-electron chi connectivity index (χ2n) is 7.71. The molecule has 0 aromatic heterocycles. The van der Waals surface area contributed by atoms with E-state index in [1.807, 2.05) is 39.0 Å². The van der Waals surface area contributed by atoms with Gasteiger partial charge in [0.2, 0.25) is 0 Å². The molecule has 0 saturated heterocycles. The van der Waals surface area contributed by atoms with Crippen LogP contribution in [0.2, 0.25) is 0 Å². The highest BCUT2D eigenvalue weighted by molar-refractivity contribution is 7.92. The normalized spacial score (nSPS) is 12.7. The van der Waals surface area contributed by atoms with Crippen LogP contribution in [0.15, 0.2) is 23.2 Å². The lowest BCUT2D eigenvalue weighted by Gasteiger charge is -2.20. The lowest BCUT2D eigenvalue weighted by atomic mass is 10.1. The number of nitrogens with zero attached hydrogens (tertiary/aromatic N) is 1. The van der Waals surface area contributed by atoms with Crippen LogP contribution in [0.4, 0.5) is 0 Å². The fraction of sp³-hybridized carbons (Fsp3) is 0.667. The monoisotopic (exact) mass is 427 g/mol. The molecule has 0 amide bonds. The number of hydrogen-bond acceptors (Lipinski definition) is 5. The number of hydrogen-bond donors (Lipinski definition) is 2. The maximum absolute atomic E-state index is 12.3. The molecule has 0 heterocycles. The number of aryl methyl sites for hydroxylation is 1. The van der Waals surface area contributed by atoms with Gasteiger partial charge >= 0.3 is 0 Å². The quantitative estimate of drug-likeness (QED) is 0.321. The van der Waals surface area contributed by atoms with Gasteiger partial charge in [-0.2, -0.15) is 0 Å². The fourth-order valence-electron chi connectivity index (χ4n) is 2.40. The van der Waals surface area contributed by atoms with Crippen molar-refractivity contribution in [2.45, 2.75) is 52.8 Å². The Balaban J connectivity index is 2.77. The Hall–Kier alpha value is -1.80. The number of rotatable bonds is 11. The summed E-state index contributed by atoms with van der Waals surface area (Å²) in [6, 6.07) is 6.02. The van der Waals surface area contributed by atoms with E-state index < -0.39 is 14.6 Å². The summed E-state index contributed by atoms with van der Waals surface area (Å²) in [6.07, 6.45) is 0. The zero-order valence-corrected chi connectivity index (χ0v) is 19.5. The van der Waals surface area contributed by atoms with Crippen molar-refractivity contribution in [1.29, 1.82) is 0 Å². The van der Waals surface area contributed by atoms with Crippen molar-refractivity contribution in [2.24, 2.45) is 4.99 Å². The first-order valence-electron chi connectivity index (χ1n) is 10.1. The molecule has 0 aliphatic carbocycles. The topological polar surface area (TPSA) is 89.0 Å². The smallest absolute Gasteiger partial charge is 0.191 e. The minimum absolute atomic E-state index is 0.0528. The Morgan fingerprint density at radius 2 is 1.86 bits per heavy atom. The molecule has 0 spiro atoms. The van der Waals surface area contributed by atoms with Crippen molar-refractivity contribution in [3.05, 3.63) is 29.3 Å². The molecule has 7 nitrogen and oxygen atoms in total. The van der Waals surface area contributed by atoms with Crippen molar-refractivity contribution in [3.8, 4) is 5.75 Å². The van der Waals surface area contributed by atoms with Gasteiger partial charge in [-0.25, -0.2) is 13.4 Å². The molecule has 0 aliphatic heterocycles. The van der Waals surface area contributed by atoms with Gasteiger partial charge < -0.3 is 20.1 Å². The van der Waals surface area contributed by atoms with Crippen LogP contribution in [0.25, 0.3) is 0 Å². The summed E-state index contributed by atoms with van der Waals surface area (Å²) in [5.74, 6) is 1.43. The molecule has 0 aliphatic rings. The summed E-state index contributed by atoms with van der Waals surface area (Å²) >= 11 is 0. The number of benzene rings is 1. The van der Waals surface area contributed by atoms with Gasteiger partial charge in [-0.05, 0) is 53.2 Å². The molecule has 1 aromatic carbocycles. The molecule has 2 N–H and O–H groups in total. The second kappa shape index (κ2) is 12.0. The molecule has 0 unspecified atom stereocenters. The summed E-state index contributed by atoms with van der Waals surface area (Å²) in [5, 5.41) is 6.26. The first-order valence-corrected chi connectivity index (χ1v) is 11.8. The molecule has 0 radical (unpaired) electrons. The predicted octanol–water partition coefficient (Wildman–Crippen LogP) is 2.68. The highest BCUT2D eigenvalue weighted by Gasteiger charge is 2.28. The Bertz CT molecular complexity index is 756. The minimum Gasteiger partial charge on any atom is -0.491 e. The van der Waals surface area contributed by atoms with Crippen molar-refractivity contribution in [2.75, 3.05) is 38.7 Å². The largest absolute Gasteiger partial charge is 0.491 e. The van der Waals surface area contributed by atoms with Crippen molar-refractivity contribution in [1.82, 2.24) is 10.6 Å². The van der Waals surface area contributed by atoms with E-state index in [4.69, 9.17) is 9.47 Å². The Labute approximate surface area is 176 Å². The molecule has 29 heavy (non-hydrogen) atoms. The second-order valence-corrected chi connectivity index (χ2v) is 10.6. The lowest BCUT2D eigenvalue weighted by Crippen LogP contribution is -2.41. The standard InChI is InChI=1S/C21H37N3O4S/c1-7-22-20(23-11-14-29(25,26)21(4,5)6)24-16-18-10-9-17(3)15-19(18)28-13-12-27-8-2/h9-10,15H,7-8,11-14,16H2,1-6H3,(H2,22,23,24). The summed E-state index contributed by atoms with van der Waals surface area (Å²) in [6.45, 7) is 14.2. The first-order chi connectivity index (χ1) is 13.6. The van der Waals surface area contributed by atoms with E-state index in [-0.39, 0.29) is 5.75 Å². The maximum Gasteiger partial charge on any atom is 0.191 e. The molecular weight excluding hydrogens is 390 g/mol. The maximum atomic E-state index is 12.3. The fourth-order valence-corrected chi connectivity index (χ4v) is 3.38. The van der Waals surface area contributed by atoms with E-state index in [0.717, 1.165) is 16.9 Å². The Morgan fingerprint density at radius 1 is 1.14 bits per heavy atom. The summed E-state index contributed by atoms with van der Waals surface area (Å²) in [5.41, 5.74) is 2.08. The van der Waals surface area contributed by atoms with Crippen LogP contribution in [-0.2, 0) is 21.1 Å². The number of aliphatic imine (C=N–C) groups is 1. The van der Waals surface area contributed by atoms with E-state index in [1.54, 1.807) is 20.8 Å². The highest BCUT2D eigenvalue weighted by Crippen LogP contribution is 2.21. The third-order valence-electron chi connectivity index (χ3n) is 4.26. The molecule has 0 bridgehead atoms. The van der Waals surface area contributed by atoms with Crippen LogP contribution in [0.5, 0.6) is 5.75 Å². The van der Waals surface area contributed by atoms with Crippen LogP contribution in [0.3, 0.4) is 0 Å². The summed E-state index contributed by atoms with van der Waals surface area (Å²) in [4.78, 5) is 4.59. The van der Waals surface area contributed by atoms with Gasteiger partial charge in [0, 0.05) is 25.3 Å². The third kappa shape index (κ3) is 9.04. The van der Waals surface area contributed by atoms with Crippen LogP contribution >= 0.6 is 0 Å². The number of ether oxygens (including phenoxy) is 2. The average molecular weight is 428 g/mol. The highest BCUT2D eigenvalue weighted by atomic mass is 32.2. The Morgan fingerprint density at radius 3 is 2.48 bits per heavy atom. The number of nitrogens with one attached hydrogen (secondary N) is 2. The van der Waals surface area contributed by atoms with E-state index in [0.29, 0.717) is 45.4 Å². The van der Waals surface area contributed by atoms with Gasteiger partial charge in [-0.15, -0.1) is 0 Å². The van der Waals surface area contributed by atoms with Crippen molar-refractivity contribution < 1.29 is 17.9 Å². The van der Waals surface area contributed by atoms with Crippen LogP contribution in [-0.4, -0.2) is 57.8 Å². The van der Waals surface area contributed by atoms with Gasteiger partial charge in [0.1, 0.15) is 12.4 Å². The Kier molecular flexibility index (Phi) is 10.5. The van der Waals surface area contributed by atoms with Crippen molar-refractivity contribution in [3.63, 3.8) is 0 Å². The van der Waals surface area contributed by atoms with Gasteiger partial charge in [0.05, 0.1) is 23.7 Å². The van der Waals surface area contributed by atoms with Crippen LogP contribution < -0.4 is 15.4 Å². The molecule has 8 heteroatoms.